The van der Waals surface area contributed by atoms with E-state index in [0.29, 0.717) is 25.3 Å². The van der Waals surface area contributed by atoms with E-state index in [4.69, 9.17) is 5.11 Å². The van der Waals surface area contributed by atoms with E-state index in [0.717, 1.165) is 13.0 Å². The Balaban J connectivity index is 2.42. The molecule has 5 nitrogen and oxygen atoms in total. The second kappa shape index (κ2) is 6.61. The van der Waals surface area contributed by atoms with Gasteiger partial charge in [0.25, 0.3) is 0 Å². The molecule has 2 atom stereocenters. The summed E-state index contributed by atoms with van der Waals surface area (Å²) in [4.78, 5) is 24.6. The first-order chi connectivity index (χ1) is 8.43. The number of carboxylic acid groups (broad SMARTS) is 1. The minimum Gasteiger partial charge on any atom is -0.481 e. The van der Waals surface area contributed by atoms with Gasteiger partial charge in [-0.2, -0.15) is 0 Å². The maximum atomic E-state index is 12.0. The van der Waals surface area contributed by atoms with Gasteiger partial charge in [-0.15, -0.1) is 0 Å². The first-order valence-electron chi connectivity index (χ1n) is 6.72. The lowest BCUT2D eigenvalue weighted by molar-refractivity contribution is -0.141. The molecular weight excluding hydrogens is 232 g/mol. The molecule has 0 saturated heterocycles. The topological polar surface area (TPSA) is 69.6 Å². The van der Waals surface area contributed by atoms with Gasteiger partial charge < -0.3 is 15.3 Å². The van der Waals surface area contributed by atoms with Crippen molar-refractivity contribution in [2.45, 2.75) is 46.1 Å². The van der Waals surface area contributed by atoms with Crippen LogP contribution in [0.1, 0.15) is 40.0 Å². The molecule has 0 radical (unpaired) electrons. The molecule has 0 aromatic rings. The molecule has 2 unspecified atom stereocenters. The molecule has 104 valence electrons. The zero-order valence-electron chi connectivity index (χ0n) is 11.5. The number of carbonyl (C=O) groups is 2. The molecule has 1 aliphatic carbocycles. The predicted molar refractivity (Wildman–Crippen MR) is 69.4 cm³/mol. The molecule has 0 bridgehead atoms. The predicted octanol–water partition coefficient (Wildman–Crippen LogP) is 1.93. The Bertz CT molecular complexity index is 305. The summed E-state index contributed by atoms with van der Waals surface area (Å²) >= 11 is 0. The van der Waals surface area contributed by atoms with Crippen molar-refractivity contribution in [3.05, 3.63) is 0 Å². The number of aliphatic carboxylic acids is 1. The van der Waals surface area contributed by atoms with E-state index in [9.17, 15) is 9.59 Å². The van der Waals surface area contributed by atoms with E-state index in [2.05, 4.69) is 19.2 Å². The van der Waals surface area contributed by atoms with Crippen molar-refractivity contribution in [3.8, 4) is 0 Å². The third-order valence-corrected chi connectivity index (χ3v) is 3.36. The molecular formula is C13H24N2O3. The Morgan fingerprint density at radius 1 is 1.39 bits per heavy atom. The Kier molecular flexibility index (Phi) is 5.44. The molecule has 0 aliphatic heterocycles. The third-order valence-electron chi connectivity index (χ3n) is 3.36. The highest BCUT2D eigenvalue weighted by molar-refractivity contribution is 5.75. The minimum absolute atomic E-state index is 0.0137. The van der Waals surface area contributed by atoms with Gasteiger partial charge >= 0.3 is 12.0 Å². The number of amides is 2. The van der Waals surface area contributed by atoms with Crippen molar-refractivity contribution in [1.82, 2.24) is 10.2 Å². The summed E-state index contributed by atoms with van der Waals surface area (Å²) in [5.41, 5.74) is 0. The fourth-order valence-electron chi connectivity index (χ4n) is 2.40. The molecule has 1 aliphatic rings. The van der Waals surface area contributed by atoms with Gasteiger partial charge in [0, 0.05) is 19.1 Å². The van der Waals surface area contributed by atoms with Gasteiger partial charge in [-0.3, -0.25) is 4.79 Å². The lowest BCUT2D eigenvalue weighted by Crippen LogP contribution is -2.45. The third kappa shape index (κ3) is 4.20. The number of nitrogens with zero attached hydrogens (tertiary/aromatic N) is 1. The molecule has 0 aromatic heterocycles. The fraction of sp³-hybridized carbons (Fsp3) is 0.846. The molecule has 5 heteroatoms. The van der Waals surface area contributed by atoms with Gasteiger partial charge in [0.15, 0.2) is 0 Å². The Hall–Kier alpha value is -1.26. The molecule has 1 fully saturated rings. The number of hydrogen-bond acceptors (Lipinski definition) is 2. The second-order valence-electron chi connectivity index (χ2n) is 5.43. The first kappa shape index (κ1) is 14.8. The summed E-state index contributed by atoms with van der Waals surface area (Å²) in [6, 6.07) is -0.0537. The van der Waals surface area contributed by atoms with Gasteiger partial charge in [0.05, 0.1) is 5.92 Å². The molecule has 2 amide bonds. The zero-order chi connectivity index (χ0) is 13.7. The molecule has 18 heavy (non-hydrogen) atoms. The quantitative estimate of drug-likeness (QED) is 0.789. The van der Waals surface area contributed by atoms with Crippen molar-refractivity contribution in [2.24, 2.45) is 11.8 Å². The number of urea groups is 1. The summed E-state index contributed by atoms with van der Waals surface area (Å²) in [5.74, 6) is -0.609. The monoisotopic (exact) mass is 256 g/mol. The zero-order valence-corrected chi connectivity index (χ0v) is 11.5. The van der Waals surface area contributed by atoms with Gasteiger partial charge in [-0.05, 0) is 32.1 Å². The Morgan fingerprint density at radius 2 is 2.06 bits per heavy atom. The van der Waals surface area contributed by atoms with Gasteiger partial charge in [-0.1, -0.05) is 13.8 Å². The van der Waals surface area contributed by atoms with Gasteiger partial charge in [0.2, 0.25) is 0 Å². The van der Waals surface area contributed by atoms with Crippen molar-refractivity contribution in [3.63, 3.8) is 0 Å². The van der Waals surface area contributed by atoms with E-state index in [1.807, 2.05) is 6.92 Å². The number of carboxylic acids is 1. The lowest BCUT2D eigenvalue weighted by atomic mass is 10.1. The molecule has 1 saturated carbocycles. The van der Waals surface area contributed by atoms with Gasteiger partial charge in [-0.25, -0.2) is 4.79 Å². The Morgan fingerprint density at radius 3 is 2.50 bits per heavy atom. The fourth-order valence-corrected chi connectivity index (χ4v) is 2.40. The number of carbonyl (C=O) groups excluding carboxylic acids is 1. The second-order valence-corrected chi connectivity index (χ2v) is 5.43. The van der Waals surface area contributed by atoms with E-state index < -0.39 is 5.97 Å². The summed E-state index contributed by atoms with van der Waals surface area (Å²) in [7, 11) is 0. The van der Waals surface area contributed by atoms with Crippen LogP contribution < -0.4 is 5.32 Å². The van der Waals surface area contributed by atoms with Crippen LogP contribution in [0.2, 0.25) is 0 Å². The maximum Gasteiger partial charge on any atom is 0.317 e. The van der Waals surface area contributed by atoms with E-state index in [1.54, 1.807) is 4.90 Å². The lowest BCUT2D eigenvalue weighted by Gasteiger charge is -2.25. The standard InChI is InChI=1S/C13H24N2O3/c1-4-15(8-9(2)3)13(18)14-11-6-5-10(7-11)12(16)17/h9-11H,4-8H2,1-3H3,(H,14,18)(H,16,17). The minimum atomic E-state index is -0.749. The highest BCUT2D eigenvalue weighted by Crippen LogP contribution is 2.25. The molecule has 0 spiro atoms. The molecule has 2 N–H and O–H groups in total. The van der Waals surface area contributed by atoms with E-state index in [-0.39, 0.29) is 18.0 Å². The summed E-state index contributed by atoms with van der Waals surface area (Å²) in [6.45, 7) is 7.52. The Labute approximate surface area is 109 Å². The highest BCUT2D eigenvalue weighted by Gasteiger charge is 2.31. The van der Waals surface area contributed by atoms with Crippen LogP contribution in [-0.4, -0.2) is 41.1 Å². The SMILES string of the molecule is CCN(CC(C)C)C(=O)NC1CCC(C(=O)O)C1. The van der Waals surface area contributed by atoms with Crippen LogP contribution in [0.25, 0.3) is 0 Å². The van der Waals surface area contributed by atoms with E-state index >= 15 is 0 Å². The van der Waals surface area contributed by atoms with Crippen molar-refractivity contribution in [2.75, 3.05) is 13.1 Å². The van der Waals surface area contributed by atoms with Gasteiger partial charge in [0.1, 0.15) is 0 Å². The molecule has 0 heterocycles. The van der Waals surface area contributed by atoms with Crippen molar-refractivity contribution < 1.29 is 14.7 Å². The van der Waals surface area contributed by atoms with Crippen LogP contribution in [0.3, 0.4) is 0 Å². The van der Waals surface area contributed by atoms with Crippen LogP contribution in [0.15, 0.2) is 0 Å². The van der Waals surface area contributed by atoms with Crippen molar-refractivity contribution in [1.29, 1.82) is 0 Å². The molecule has 0 aromatic carbocycles. The average Bonchev–Trinajstić information content (AvgIpc) is 2.74. The van der Waals surface area contributed by atoms with Crippen LogP contribution in [0, 0.1) is 11.8 Å². The van der Waals surface area contributed by atoms with Crippen LogP contribution >= 0.6 is 0 Å². The number of hydrogen-bond donors (Lipinski definition) is 2. The normalized spacial score (nSPS) is 23.1. The van der Waals surface area contributed by atoms with Crippen molar-refractivity contribution >= 4 is 12.0 Å². The number of nitrogens with one attached hydrogen (secondary N) is 1. The largest absolute Gasteiger partial charge is 0.481 e. The highest BCUT2D eigenvalue weighted by atomic mass is 16.4. The smallest absolute Gasteiger partial charge is 0.317 e. The summed E-state index contributed by atoms with van der Waals surface area (Å²) in [6.07, 6.45) is 1.98. The number of rotatable bonds is 5. The average molecular weight is 256 g/mol. The van der Waals surface area contributed by atoms with Crippen LogP contribution in [-0.2, 0) is 4.79 Å². The summed E-state index contributed by atoms with van der Waals surface area (Å²) in [5, 5.41) is 11.9. The first-order valence-corrected chi connectivity index (χ1v) is 6.72. The van der Waals surface area contributed by atoms with Crippen LogP contribution in [0.5, 0.6) is 0 Å². The van der Waals surface area contributed by atoms with Crippen LogP contribution in [0.4, 0.5) is 4.79 Å². The van der Waals surface area contributed by atoms with E-state index in [1.165, 1.54) is 0 Å². The molecule has 1 rings (SSSR count). The summed E-state index contributed by atoms with van der Waals surface area (Å²) < 4.78 is 0. The maximum absolute atomic E-state index is 12.0.